The summed E-state index contributed by atoms with van der Waals surface area (Å²) >= 11 is 0. The summed E-state index contributed by atoms with van der Waals surface area (Å²) in [6, 6.07) is 4.19. The Morgan fingerprint density at radius 1 is 1.20 bits per heavy atom. The molecule has 2 rings (SSSR count). The summed E-state index contributed by atoms with van der Waals surface area (Å²) in [6.45, 7) is 7.76. The van der Waals surface area contributed by atoms with E-state index in [2.05, 4.69) is 15.3 Å². The summed E-state index contributed by atoms with van der Waals surface area (Å²) in [5.74, 6) is -0.590. The second-order valence-corrected chi connectivity index (χ2v) is 5.49. The predicted octanol–water partition coefficient (Wildman–Crippen LogP) is 3.10. The Hall–Kier alpha value is -3.03. The standard InChI is InChI=1S/C17H20N4O4/c1-5-25-17(22)13-6-7-14(16(8-13)21(23)24)18-9-15-12(4)19-10(2)11(3)20-15/h6-8,18H,5,9H2,1-4H3. The number of benzene rings is 1. The van der Waals surface area contributed by atoms with Crippen LogP contribution in [0.15, 0.2) is 18.2 Å². The van der Waals surface area contributed by atoms with Gasteiger partial charge in [-0.3, -0.25) is 20.1 Å². The van der Waals surface area contributed by atoms with Crippen LogP contribution in [-0.4, -0.2) is 27.5 Å². The zero-order valence-electron chi connectivity index (χ0n) is 14.6. The first kappa shape index (κ1) is 18.3. The first-order valence-corrected chi connectivity index (χ1v) is 7.83. The fourth-order valence-corrected chi connectivity index (χ4v) is 2.28. The number of aryl methyl sites for hydroxylation is 3. The van der Waals surface area contributed by atoms with Gasteiger partial charge in [-0.25, -0.2) is 4.79 Å². The van der Waals surface area contributed by atoms with Crippen LogP contribution in [0, 0.1) is 30.9 Å². The quantitative estimate of drug-likeness (QED) is 0.487. The first-order valence-electron chi connectivity index (χ1n) is 7.83. The van der Waals surface area contributed by atoms with E-state index in [-0.39, 0.29) is 17.9 Å². The number of carbonyl (C=O) groups is 1. The van der Waals surface area contributed by atoms with Crippen LogP contribution < -0.4 is 5.32 Å². The Labute approximate surface area is 145 Å². The first-order chi connectivity index (χ1) is 11.8. The Balaban J connectivity index is 2.26. The normalized spacial score (nSPS) is 10.4. The lowest BCUT2D eigenvalue weighted by atomic mass is 10.1. The van der Waals surface area contributed by atoms with Crippen LogP contribution in [0.1, 0.15) is 40.1 Å². The molecule has 25 heavy (non-hydrogen) atoms. The highest BCUT2D eigenvalue weighted by atomic mass is 16.6. The van der Waals surface area contributed by atoms with Crippen molar-refractivity contribution >= 4 is 17.3 Å². The van der Waals surface area contributed by atoms with Gasteiger partial charge in [0.1, 0.15) is 5.69 Å². The molecular weight excluding hydrogens is 324 g/mol. The minimum absolute atomic E-state index is 0.140. The zero-order valence-corrected chi connectivity index (χ0v) is 14.6. The number of nitro groups is 1. The second-order valence-electron chi connectivity index (χ2n) is 5.49. The monoisotopic (exact) mass is 344 g/mol. The van der Waals surface area contributed by atoms with Gasteiger partial charge in [-0.2, -0.15) is 0 Å². The number of esters is 1. The number of aromatic nitrogens is 2. The molecule has 0 saturated carbocycles. The van der Waals surface area contributed by atoms with Gasteiger partial charge in [0.25, 0.3) is 5.69 Å². The average molecular weight is 344 g/mol. The number of nitrogens with one attached hydrogen (secondary N) is 1. The van der Waals surface area contributed by atoms with E-state index in [1.54, 1.807) is 6.92 Å². The number of hydrogen-bond acceptors (Lipinski definition) is 7. The van der Waals surface area contributed by atoms with Crippen molar-refractivity contribution in [1.29, 1.82) is 0 Å². The molecule has 0 aliphatic rings. The number of nitrogens with zero attached hydrogens (tertiary/aromatic N) is 3. The van der Waals surface area contributed by atoms with Crippen molar-refractivity contribution in [3.05, 3.63) is 56.7 Å². The summed E-state index contributed by atoms with van der Waals surface area (Å²) in [5.41, 5.74) is 3.40. The zero-order chi connectivity index (χ0) is 18.6. The maximum atomic E-state index is 11.7. The molecule has 0 spiro atoms. The third-order valence-corrected chi connectivity index (χ3v) is 3.73. The van der Waals surface area contributed by atoms with Crippen molar-refractivity contribution in [3.63, 3.8) is 0 Å². The van der Waals surface area contributed by atoms with E-state index in [1.165, 1.54) is 18.2 Å². The summed E-state index contributed by atoms with van der Waals surface area (Å²) in [4.78, 5) is 31.4. The molecule has 0 aliphatic carbocycles. The molecule has 2 aromatic rings. The topological polar surface area (TPSA) is 107 Å². The Morgan fingerprint density at radius 3 is 2.52 bits per heavy atom. The van der Waals surface area contributed by atoms with E-state index in [9.17, 15) is 14.9 Å². The molecule has 8 heteroatoms. The molecule has 0 atom stereocenters. The predicted molar refractivity (Wildman–Crippen MR) is 92.6 cm³/mol. The van der Waals surface area contributed by atoms with E-state index >= 15 is 0 Å². The van der Waals surface area contributed by atoms with Crippen molar-refractivity contribution in [2.75, 3.05) is 11.9 Å². The number of ether oxygens (including phenoxy) is 1. The molecule has 0 fully saturated rings. The van der Waals surface area contributed by atoms with Crippen molar-refractivity contribution in [1.82, 2.24) is 9.97 Å². The lowest BCUT2D eigenvalue weighted by Gasteiger charge is -2.11. The number of carbonyl (C=O) groups excluding carboxylic acids is 1. The van der Waals surface area contributed by atoms with E-state index in [0.29, 0.717) is 17.9 Å². The molecule has 0 aliphatic heterocycles. The lowest BCUT2D eigenvalue weighted by molar-refractivity contribution is -0.384. The van der Waals surface area contributed by atoms with E-state index in [4.69, 9.17) is 4.74 Å². The van der Waals surface area contributed by atoms with Gasteiger partial charge in [0, 0.05) is 6.07 Å². The molecule has 132 valence electrons. The Morgan fingerprint density at radius 2 is 1.88 bits per heavy atom. The third kappa shape index (κ3) is 4.28. The van der Waals surface area contributed by atoms with Gasteiger partial charge in [-0.15, -0.1) is 0 Å². The van der Waals surface area contributed by atoms with Gasteiger partial charge in [0.05, 0.1) is 46.4 Å². The fourth-order valence-electron chi connectivity index (χ4n) is 2.28. The van der Waals surface area contributed by atoms with Gasteiger partial charge in [0.2, 0.25) is 0 Å². The second kappa shape index (κ2) is 7.69. The van der Waals surface area contributed by atoms with Crippen LogP contribution in [0.3, 0.4) is 0 Å². The van der Waals surface area contributed by atoms with Crippen LogP contribution in [-0.2, 0) is 11.3 Å². The van der Waals surface area contributed by atoms with Crippen molar-refractivity contribution in [2.24, 2.45) is 0 Å². The van der Waals surface area contributed by atoms with Gasteiger partial charge in [-0.05, 0) is 39.8 Å². The number of hydrogen-bond donors (Lipinski definition) is 1. The van der Waals surface area contributed by atoms with Crippen LogP contribution in [0.25, 0.3) is 0 Å². The smallest absolute Gasteiger partial charge is 0.338 e. The summed E-state index contributed by atoms with van der Waals surface area (Å²) in [5, 5.41) is 14.3. The Bertz CT molecular complexity index is 821. The third-order valence-electron chi connectivity index (χ3n) is 3.73. The van der Waals surface area contributed by atoms with Gasteiger partial charge >= 0.3 is 5.97 Å². The maximum Gasteiger partial charge on any atom is 0.338 e. The molecule has 0 bridgehead atoms. The fraction of sp³-hybridized carbons (Fsp3) is 0.353. The van der Waals surface area contributed by atoms with Crippen molar-refractivity contribution in [3.8, 4) is 0 Å². The Kier molecular flexibility index (Phi) is 5.63. The summed E-state index contributed by atoms with van der Waals surface area (Å²) in [7, 11) is 0. The number of nitro benzene ring substituents is 1. The highest BCUT2D eigenvalue weighted by Crippen LogP contribution is 2.26. The van der Waals surface area contributed by atoms with E-state index in [0.717, 1.165) is 17.1 Å². The number of rotatable bonds is 6. The van der Waals surface area contributed by atoms with Crippen molar-refractivity contribution < 1.29 is 14.5 Å². The largest absolute Gasteiger partial charge is 0.462 e. The minimum Gasteiger partial charge on any atom is -0.462 e. The molecule has 1 aromatic carbocycles. The highest BCUT2D eigenvalue weighted by Gasteiger charge is 2.18. The van der Waals surface area contributed by atoms with Crippen LogP contribution in [0.4, 0.5) is 11.4 Å². The molecule has 1 aromatic heterocycles. The highest BCUT2D eigenvalue weighted by molar-refractivity contribution is 5.91. The van der Waals surface area contributed by atoms with Gasteiger partial charge in [-0.1, -0.05) is 0 Å². The van der Waals surface area contributed by atoms with Gasteiger partial charge < -0.3 is 10.1 Å². The molecule has 1 heterocycles. The lowest BCUT2D eigenvalue weighted by Crippen LogP contribution is -2.10. The molecule has 0 radical (unpaired) electrons. The molecular formula is C17H20N4O4. The SMILES string of the molecule is CCOC(=O)c1ccc(NCc2nc(C)c(C)nc2C)c([N+](=O)[O-])c1. The van der Waals surface area contributed by atoms with Crippen LogP contribution in [0.2, 0.25) is 0 Å². The molecule has 8 nitrogen and oxygen atoms in total. The summed E-state index contributed by atoms with van der Waals surface area (Å²) in [6.07, 6.45) is 0. The summed E-state index contributed by atoms with van der Waals surface area (Å²) < 4.78 is 4.87. The van der Waals surface area contributed by atoms with Crippen LogP contribution >= 0.6 is 0 Å². The van der Waals surface area contributed by atoms with Crippen LogP contribution in [0.5, 0.6) is 0 Å². The average Bonchev–Trinajstić information content (AvgIpc) is 2.57. The minimum atomic E-state index is -0.590. The maximum absolute atomic E-state index is 11.7. The number of anilines is 1. The molecule has 0 amide bonds. The van der Waals surface area contributed by atoms with E-state index in [1.807, 2.05) is 20.8 Å². The van der Waals surface area contributed by atoms with E-state index < -0.39 is 10.9 Å². The molecule has 1 N–H and O–H groups in total. The molecule has 0 unspecified atom stereocenters. The van der Waals surface area contributed by atoms with Gasteiger partial charge in [0.15, 0.2) is 0 Å². The molecule has 0 saturated heterocycles. The van der Waals surface area contributed by atoms with Crippen molar-refractivity contribution in [2.45, 2.75) is 34.2 Å².